The van der Waals surface area contributed by atoms with Crippen LogP contribution in [-0.4, -0.2) is 22.2 Å². The standard InChI is InChI=1S/C25H24ClN3O3/c1-15-21-23(28-32-15)22-19(26)8-5-9-20(22)29(25(21)31)18-11-10-16(14-18)12-13-27-24(30)17-6-3-2-4-7-17/h2-9,16,18H,10-14H2,1H3,(H,27,30). The van der Waals surface area contributed by atoms with E-state index < -0.39 is 0 Å². The third-order valence-electron chi connectivity index (χ3n) is 6.54. The van der Waals surface area contributed by atoms with Crippen LogP contribution in [-0.2, 0) is 0 Å². The van der Waals surface area contributed by atoms with Crippen molar-refractivity contribution in [3.8, 4) is 0 Å². The van der Waals surface area contributed by atoms with Crippen molar-refractivity contribution in [3.63, 3.8) is 0 Å². The Balaban J connectivity index is 1.37. The first-order valence-electron chi connectivity index (χ1n) is 11.0. The van der Waals surface area contributed by atoms with E-state index in [0.29, 0.717) is 39.7 Å². The number of pyridine rings is 1. The zero-order chi connectivity index (χ0) is 22.2. The average Bonchev–Trinajstić information content (AvgIpc) is 3.41. The predicted octanol–water partition coefficient (Wildman–Crippen LogP) is 5.27. The SMILES string of the molecule is Cc1onc2c1c(=O)n(C1CCC(CCNC(=O)c3ccccc3)C1)c1cccc(Cl)c21. The van der Waals surface area contributed by atoms with Crippen molar-refractivity contribution in [1.82, 2.24) is 15.0 Å². The molecule has 1 aliphatic rings. The summed E-state index contributed by atoms with van der Waals surface area (Å²) in [5.74, 6) is 0.903. The van der Waals surface area contributed by atoms with Gasteiger partial charge in [0.05, 0.1) is 10.5 Å². The molecule has 2 aromatic heterocycles. The summed E-state index contributed by atoms with van der Waals surface area (Å²) >= 11 is 6.52. The lowest BCUT2D eigenvalue weighted by molar-refractivity contribution is 0.0951. The Labute approximate surface area is 190 Å². The van der Waals surface area contributed by atoms with Crippen molar-refractivity contribution >= 4 is 39.3 Å². The molecule has 1 amide bonds. The van der Waals surface area contributed by atoms with E-state index in [0.717, 1.165) is 36.6 Å². The number of rotatable bonds is 5. The summed E-state index contributed by atoms with van der Waals surface area (Å²) in [7, 11) is 0. The smallest absolute Gasteiger partial charge is 0.264 e. The quantitative estimate of drug-likeness (QED) is 0.450. The number of nitrogens with zero attached hydrogens (tertiary/aromatic N) is 2. The van der Waals surface area contributed by atoms with Gasteiger partial charge in [0.25, 0.3) is 11.5 Å². The third kappa shape index (κ3) is 3.58. The Kier molecular flexibility index (Phi) is 5.47. The molecule has 1 aliphatic carbocycles. The molecule has 1 saturated carbocycles. The van der Waals surface area contributed by atoms with Crippen molar-refractivity contribution in [1.29, 1.82) is 0 Å². The van der Waals surface area contributed by atoms with Crippen LogP contribution in [0.15, 0.2) is 57.8 Å². The van der Waals surface area contributed by atoms with Crippen LogP contribution in [0.1, 0.15) is 47.8 Å². The van der Waals surface area contributed by atoms with Gasteiger partial charge < -0.3 is 14.4 Å². The average molecular weight is 450 g/mol. The topological polar surface area (TPSA) is 77.1 Å². The molecule has 32 heavy (non-hydrogen) atoms. The van der Waals surface area contributed by atoms with Gasteiger partial charge in [-0.3, -0.25) is 9.59 Å². The van der Waals surface area contributed by atoms with E-state index >= 15 is 0 Å². The van der Waals surface area contributed by atoms with Crippen LogP contribution < -0.4 is 10.9 Å². The Morgan fingerprint density at radius 2 is 1.97 bits per heavy atom. The number of carbonyl (C=O) groups excluding carboxylic acids is 1. The zero-order valence-electron chi connectivity index (χ0n) is 17.8. The lowest BCUT2D eigenvalue weighted by atomic mass is 10.0. The van der Waals surface area contributed by atoms with Crippen molar-refractivity contribution < 1.29 is 9.32 Å². The van der Waals surface area contributed by atoms with Crippen LogP contribution in [0.2, 0.25) is 5.02 Å². The maximum Gasteiger partial charge on any atom is 0.264 e. The first-order chi connectivity index (χ1) is 15.5. The van der Waals surface area contributed by atoms with Gasteiger partial charge in [-0.25, -0.2) is 0 Å². The van der Waals surface area contributed by atoms with Gasteiger partial charge in [0, 0.05) is 23.5 Å². The lowest BCUT2D eigenvalue weighted by Gasteiger charge is -2.18. The molecular weight excluding hydrogens is 426 g/mol. The van der Waals surface area contributed by atoms with E-state index in [1.165, 1.54) is 0 Å². The van der Waals surface area contributed by atoms with Crippen LogP contribution in [0.25, 0.3) is 21.8 Å². The molecule has 0 radical (unpaired) electrons. The molecule has 0 saturated heterocycles. The Hall–Kier alpha value is -3.12. The van der Waals surface area contributed by atoms with E-state index in [-0.39, 0.29) is 17.5 Å². The van der Waals surface area contributed by atoms with Gasteiger partial charge in [-0.15, -0.1) is 0 Å². The number of amides is 1. The highest BCUT2D eigenvalue weighted by molar-refractivity contribution is 6.37. The van der Waals surface area contributed by atoms with E-state index in [1.807, 2.05) is 53.1 Å². The summed E-state index contributed by atoms with van der Waals surface area (Å²) in [6.07, 6.45) is 3.70. The molecule has 4 aromatic rings. The number of aromatic nitrogens is 2. The summed E-state index contributed by atoms with van der Waals surface area (Å²) in [4.78, 5) is 25.7. The molecule has 7 heteroatoms. The van der Waals surface area contributed by atoms with Crippen LogP contribution in [0, 0.1) is 12.8 Å². The second-order valence-corrected chi connectivity index (χ2v) is 8.92. The number of carbonyl (C=O) groups is 1. The summed E-state index contributed by atoms with van der Waals surface area (Å²) in [6.45, 7) is 2.38. The van der Waals surface area contributed by atoms with Gasteiger partial charge in [-0.05, 0) is 62.8 Å². The van der Waals surface area contributed by atoms with E-state index in [1.54, 1.807) is 6.92 Å². The summed E-state index contributed by atoms with van der Waals surface area (Å²) in [6, 6.07) is 14.9. The highest BCUT2D eigenvalue weighted by Gasteiger charge is 2.29. The number of halogens is 1. The Bertz CT molecular complexity index is 1360. The lowest BCUT2D eigenvalue weighted by Crippen LogP contribution is -2.26. The van der Waals surface area contributed by atoms with Crippen molar-refractivity contribution in [2.45, 2.75) is 38.6 Å². The monoisotopic (exact) mass is 449 g/mol. The van der Waals surface area contributed by atoms with Crippen LogP contribution >= 0.6 is 11.6 Å². The predicted molar refractivity (Wildman–Crippen MR) is 125 cm³/mol. The molecule has 2 heterocycles. The molecule has 2 atom stereocenters. The molecule has 6 nitrogen and oxygen atoms in total. The highest BCUT2D eigenvalue weighted by atomic mass is 35.5. The van der Waals surface area contributed by atoms with Gasteiger partial charge in [-0.1, -0.05) is 41.0 Å². The zero-order valence-corrected chi connectivity index (χ0v) is 18.6. The fraction of sp³-hybridized carbons (Fsp3) is 0.320. The number of fused-ring (bicyclic) bond motifs is 3. The molecule has 164 valence electrons. The summed E-state index contributed by atoms with van der Waals surface area (Å²) < 4.78 is 7.23. The van der Waals surface area contributed by atoms with Crippen molar-refractivity contribution in [3.05, 3.63) is 75.2 Å². The number of hydrogen-bond acceptors (Lipinski definition) is 4. The van der Waals surface area contributed by atoms with E-state index in [4.69, 9.17) is 16.1 Å². The molecule has 5 rings (SSSR count). The molecular formula is C25H24ClN3O3. The maximum atomic E-state index is 13.5. The van der Waals surface area contributed by atoms with Gasteiger partial charge in [0.1, 0.15) is 16.7 Å². The molecule has 2 aromatic carbocycles. The Morgan fingerprint density at radius 1 is 1.16 bits per heavy atom. The summed E-state index contributed by atoms with van der Waals surface area (Å²) in [5.41, 5.74) is 1.93. The van der Waals surface area contributed by atoms with Gasteiger partial charge in [0.2, 0.25) is 0 Å². The van der Waals surface area contributed by atoms with Crippen LogP contribution in [0.3, 0.4) is 0 Å². The van der Waals surface area contributed by atoms with Gasteiger partial charge in [-0.2, -0.15) is 0 Å². The summed E-state index contributed by atoms with van der Waals surface area (Å²) in [5, 5.41) is 8.96. The van der Waals surface area contributed by atoms with Crippen molar-refractivity contribution in [2.24, 2.45) is 5.92 Å². The van der Waals surface area contributed by atoms with Crippen molar-refractivity contribution in [2.75, 3.05) is 6.54 Å². The first-order valence-corrected chi connectivity index (χ1v) is 11.3. The van der Waals surface area contributed by atoms with Gasteiger partial charge >= 0.3 is 0 Å². The molecule has 0 bridgehead atoms. The minimum absolute atomic E-state index is 0.0506. The fourth-order valence-corrected chi connectivity index (χ4v) is 5.22. The minimum Gasteiger partial charge on any atom is -0.360 e. The molecule has 1 N–H and O–H groups in total. The largest absolute Gasteiger partial charge is 0.360 e. The van der Waals surface area contributed by atoms with Crippen LogP contribution in [0.4, 0.5) is 0 Å². The van der Waals surface area contributed by atoms with E-state index in [2.05, 4.69) is 10.5 Å². The van der Waals surface area contributed by atoms with E-state index in [9.17, 15) is 9.59 Å². The normalized spacial score (nSPS) is 18.4. The third-order valence-corrected chi connectivity index (χ3v) is 6.85. The molecule has 0 aliphatic heterocycles. The molecule has 2 unspecified atom stereocenters. The number of hydrogen-bond donors (Lipinski definition) is 1. The molecule has 1 fully saturated rings. The maximum absolute atomic E-state index is 13.5. The number of aryl methyl sites for hydroxylation is 1. The minimum atomic E-state index is -0.0726. The number of nitrogens with one attached hydrogen (secondary N) is 1. The number of benzene rings is 2. The Morgan fingerprint density at radius 3 is 2.78 bits per heavy atom. The second-order valence-electron chi connectivity index (χ2n) is 8.51. The van der Waals surface area contributed by atoms with Crippen LogP contribution in [0.5, 0.6) is 0 Å². The highest BCUT2D eigenvalue weighted by Crippen LogP contribution is 2.39. The fourth-order valence-electron chi connectivity index (χ4n) is 4.96. The second kappa shape index (κ2) is 8.43. The molecule has 0 spiro atoms. The first kappa shape index (κ1) is 20.8. The van der Waals surface area contributed by atoms with Gasteiger partial charge in [0.15, 0.2) is 0 Å².